The summed E-state index contributed by atoms with van der Waals surface area (Å²) in [6, 6.07) is 16.7. The number of hydrogen-bond donors (Lipinski definition) is 0. The molecule has 0 fully saturated rings. The number of carbonyl (C=O) groups excluding carboxylic acids is 2. The number of rotatable bonds is 14. The molecule has 14 heteroatoms. The molecule has 1 aliphatic heterocycles. The molecule has 5 rings (SSSR count). The number of esters is 2. The molecule has 3 aromatic carbocycles. The van der Waals surface area contributed by atoms with Crippen LogP contribution in [0.4, 0.5) is 0 Å². The van der Waals surface area contributed by atoms with Gasteiger partial charge in [0.05, 0.1) is 65.4 Å². The van der Waals surface area contributed by atoms with E-state index in [4.69, 9.17) is 35.3 Å². The lowest BCUT2D eigenvalue weighted by molar-refractivity contribution is -0.143. The Bertz CT molecular complexity index is 2250. The number of ether oxygens (including phenoxy) is 6. The summed E-state index contributed by atoms with van der Waals surface area (Å²) in [7, 11) is 1.26. The van der Waals surface area contributed by atoms with E-state index < -0.39 is 23.5 Å². The van der Waals surface area contributed by atoms with Gasteiger partial charge in [-0.15, -0.1) is 0 Å². The zero-order chi connectivity index (χ0) is 37.4. The maximum absolute atomic E-state index is 14.3. The van der Waals surface area contributed by atoms with Gasteiger partial charge >= 0.3 is 11.9 Å². The third kappa shape index (κ3) is 8.14. The zero-order valence-corrected chi connectivity index (χ0v) is 30.8. The standard InChI is InChI=1S/C38H36ClN3O9S/c1-6-47-29-18-24(13-14-28(29)50-21-32(43)46-5)34-33(37(45)49-8-3)22(4)41-38-42(34)36(44)31(52-38)17-23-15-27(39)35(30(16-23)48-7-2)51-20-26-12-10-9-11-25(26)19-40/h9-18,34H,6-8,20-21H2,1-5H3/b31-17-/t34-/m0/s1. The van der Waals surface area contributed by atoms with Crippen molar-refractivity contribution in [3.63, 3.8) is 0 Å². The molecule has 0 amide bonds. The average molecular weight is 746 g/mol. The highest BCUT2D eigenvalue weighted by molar-refractivity contribution is 7.07. The summed E-state index contributed by atoms with van der Waals surface area (Å²) >= 11 is 7.88. The number of hydrogen-bond acceptors (Lipinski definition) is 12. The molecule has 0 unspecified atom stereocenters. The summed E-state index contributed by atoms with van der Waals surface area (Å²) < 4.78 is 35.3. The van der Waals surface area contributed by atoms with Crippen molar-refractivity contribution in [1.29, 1.82) is 5.26 Å². The monoisotopic (exact) mass is 745 g/mol. The van der Waals surface area contributed by atoms with Crippen molar-refractivity contribution in [1.82, 2.24) is 4.57 Å². The van der Waals surface area contributed by atoms with E-state index in [1.165, 1.54) is 11.7 Å². The first-order chi connectivity index (χ1) is 25.1. The van der Waals surface area contributed by atoms with Crippen LogP contribution in [-0.2, 0) is 25.7 Å². The topological polar surface area (TPSA) is 148 Å². The van der Waals surface area contributed by atoms with E-state index >= 15 is 0 Å². The normalized spacial score (nSPS) is 13.8. The lowest BCUT2D eigenvalue weighted by atomic mass is 9.95. The van der Waals surface area contributed by atoms with Crippen molar-refractivity contribution in [3.8, 4) is 29.1 Å². The predicted octanol–water partition coefficient (Wildman–Crippen LogP) is 5.25. The molecule has 1 aromatic heterocycles. The van der Waals surface area contributed by atoms with Crippen molar-refractivity contribution >= 4 is 41.0 Å². The van der Waals surface area contributed by atoms with Crippen molar-refractivity contribution in [2.45, 2.75) is 40.3 Å². The van der Waals surface area contributed by atoms with Gasteiger partial charge in [0, 0.05) is 5.56 Å². The van der Waals surface area contributed by atoms with Crippen molar-refractivity contribution in [2.75, 3.05) is 33.5 Å². The molecule has 0 saturated carbocycles. The maximum Gasteiger partial charge on any atom is 0.343 e. The highest BCUT2D eigenvalue weighted by Gasteiger charge is 2.34. The van der Waals surface area contributed by atoms with Crippen LogP contribution in [0.15, 0.2) is 75.7 Å². The minimum Gasteiger partial charge on any atom is -0.490 e. The van der Waals surface area contributed by atoms with Crippen LogP contribution in [-0.4, -0.2) is 50.0 Å². The number of carbonyl (C=O) groups is 2. The highest BCUT2D eigenvalue weighted by atomic mass is 35.5. The number of thiazole rings is 1. The lowest BCUT2D eigenvalue weighted by Gasteiger charge is -2.25. The molecule has 0 aliphatic carbocycles. The second kappa shape index (κ2) is 17.1. The second-order valence-corrected chi connectivity index (χ2v) is 12.5. The molecular weight excluding hydrogens is 710 g/mol. The van der Waals surface area contributed by atoms with E-state index in [2.05, 4.69) is 15.8 Å². The van der Waals surface area contributed by atoms with Crippen LogP contribution in [0.2, 0.25) is 5.02 Å². The molecule has 0 radical (unpaired) electrons. The fourth-order valence-corrected chi connectivity index (χ4v) is 6.84. The first kappa shape index (κ1) is 37.7. The van der Waals surface area contributed by atoms with Gasteiger partial charge in [-0.2, -0.15) is 5.26 Å². The third-order valence-corrected chi connectivity index (χ3v) is 9.08. The molecule has 4 aromatic rings. The van der Waals surface area contributed by atoms with Gasteiger partial charge < -0.3 is 28.4 Å². The quantitative estimate of drug-likeness (QED) is 0.157. The summed E-state index contributed by atoms with van der Waals surface area (Å²) in [4.78, 5) is 44.5. The molecule has 12 nitrogen and oxygen atoms in total. The largest absolute Gasteiger partial charge is 0.490 e. The van der Waals surface area contributed by atoms with Gasteiger partial charge in [0.2, 0.25) is 0 Å². The summed E-state index contributed by atoms with van der Waals surface area (Å²) in [5.74, 6) is 0.0625. The van der Waals surface area contributed by atoms with Crippen LogP contribution in [0, 0.1) is 11.3 Å². The first-order valence-electron chi connectivity index (χ1n) is 16.4. The van der Waals surface area contributed by atoms with Gasteiger partial charge in [-0.3, -0.25) is 9.36 Å². The molecule has 2 heterocycles. The Kier molecular flexibility index (Phi) is 12.4. The van der Waals surface area contributed by atoms with Crippen LogP contribution in [0.1, 0.15) is 56.0 Å². The molecular formula is C38H36ClN3O9S. The van der Waals surface area contributed by atoms with E-state index in [1.54, 1.807) is 75.4 Å². The number of halogens is 1. The molecule has 1 aliphatic rings. The fourth-order valence-electron chi connectivity index (χ4n) is 5.52. The van der Waals surface area contributed by atoms with E-state index in [0.717, 1.165) is 11.3 Å². The molecule has 0 bridgehead atoms. The second-order valence-electron chi connectivity index (χ2n) is 11.1. The Morgan fingerprint density at radius 1 is 0.981 bits per heavy atom. The summed E-state index contributed by atoms with van der Waals surface area (Å²) in [6.07, 6.45) is 1.67. The molecule has 52 heavy (non-hydrogen) atoms. The van der Waals surface area contributed by atoms with Crippen molar-refractivity contribution in [3.05, 3.63) is 113 Å². The molecule has 0 N–H and O–H groups in total. The SMILES string of the molecule is CCOC(=O)C1=C(C)N=c2s/c(=C\c3cc(Cl)c(OCc4ccccc4C#N)c(OCC)c3)c(=O)n2[C@H]1c1ccc(OCC(=O)OC)c(OCC)c1. The maximum atomic E-state index is 14.3. The number of benzene rings is 3. The van der Waals surface area contributed by atoms with Crippen molar-refractivity contribution < 1.29 is 38.0 Å². The van der Waals surface area contributed by atoms with E-state index in [-0.39, 0.29) is 42.8 Å². The van der Waals surface area contributed by atoms with E-state index in [0.29, 0.717) is 61.1 Å². The third-order valence-electron chi connectivity index (χ3n) is 7.81. The molecule has 0 spiro atoms. The Morgan fingerprint density at radius 2 is 1.73 bits per heavy atom. The zero-order valence-electron chi connectivity index (χ0n) is 29.2. The van der Waals surface area contributed by atoms with Crippen LogP contribution in [0.5, 0.6) is 23.0 Å². The summed E-state index contributed by atoms with van der Waals surface area (Å²) in [5, 5.41) is 9.72. The fraction of sp³-hybridized carbons (Fsp3) is 0.289. The van der Waals surface area contributed by atoms with Gasteiger partial charge in [-0.05, 0) is 75.2 Å². The number of aromatic nitrogens is 1. The minimum absolute atomic E-state index is 0.0903. The van der Waals surface area contributed by atoms with E-state index in [9.17, 15) is 19.6 Å². The Balaban J connectivity index is 1.60. The number of methoxy groups -OCH3 is 1. The first-order valence-corrected chi connectivity index (χ1v) is 17.6. The van der Waals surface area contributed by atoms with Gasteiger partial charge in [0.1, 0.15) is 6.61 Å². The van der Waals surface area contributed by atoms with Crippen LogP contribution in [0.3, 0.4) is 0 Å². The Morgan fingerprint density at radius 3 is 2.44 bits per heavy atom. The van der Waals surface area contributed by atoms with Gasteiger partial charge in [-0.1, -0.05) is 47.2 Å². The Labute approximate surface area is 308 Å². The molecule has 270 valence electrons. The average Bonchev–Trinajstić information content (AvgIpc) is 3.43. The molecule has 0 saturated heterocycles. The molecule has 1 atom stereocenters. The highest BCUT2D eigenvalue weighted by Crippen LogP contribution is 2.38. The van der Waals surface area contributed by atoms with Gasteiger partial charge in [0.15, 0.2) is 34.4 Å². The van der Waals surface area contributed by atoms with Gasteiger partial charge in [0.25, 0.3) is 5.56 Å². The lowest BCUT2D eigenvalue weighted by Crippen LogP contribution is -2.40. The Hall–Kier alpha value is -5.58. The van der Waals surface area contributed by atoms with Crippen LogP contribution in [0.25, 0.3) is 6.08 Å². The van der Waals surface area contributed by atoms with E-state index in [1.807, 2.05) is 13.0 Å². The van der Waals surface area contributed by atoms with Crippen molar-refractivity contribution in [2.24, 2.45) is 4.99 Å². The summed E-state index contributed by atoms with van der Waals surface area (Å²) in [6.45, 7) is 7.48. The smallest absolute Gasteiger partial charge is 0.343 e. The van der Waals surface area contributed by atoms with Crippen LogP contribution < -0.4 is 33.8 Å². The predicted molar refractivity (Wildman–Crippen MR) is 194 cm³/mol. The minimum atomic E-state index is -0.930. The number of allylic oxidation sites excluding steroid dienone is 1. The number of nitriles is 1. The van der Waals surface area contributed by atoms with Crippen LogP contribution >= 0.6 is 22.9 Å². The number of fused-ring (bicyclic) bond motifs is 1. The van der Waals surface area contributed by atoms with Gasteiger partial charge in [-0.25, -0.2) is 14.6 Å². The number of nitrogens with zero attached hydrogens (tertiary/aromatic N) is 3. The summed E-state index contributed by atoms with van der Waals surface area (Å²) in [5.41, 5.74) is 2.44.